The molecule has 108 valence electrons. The average Bonchev–Trinajstić information content (AvgIpc) is 2.21. The van der Waals surface area contributed by atoms with Crippen LogP contribution in [-0.2, 0) is 10.0 Å². The van der Waals surface area contributed by atoms with E-state index in [1.165, 1.54) is 6.07 Å². The Morgan fingerprint density at radius 1 is 1.32 bits per heavy atom. The van der Waals surface area contributed by atoms with Crippen molar-refractivity contribution in [3.63, 3.8) is 0 Å². The van der Waals surface area contributed by atoms with Gasteiger partial charge in [0.2, 0.25) is 10.0 Å². The van der Waals surface area contributed by atoms with Crippen molar-refractivity contribution in [1.29, 1.82) is 0 Å². The molecule has 19 heavy (non-hydrogen) atoms. The Morgan fingerprint density at radius 3 is 2.32 bits per heavy atom. The molecule has 1 atom stereocenters. The summed E-state index contributed by atoms with van der Waals surface area (Å²) < 4.78 is 27.3. The highest BCUT2D eigenvalue weighted by Crippen LogP contribution is 2.24. The molecule has 1 unspecified atom stereocenters. The third kappa shape index (κ3) is 3.46. The monoisotopic (exact) mass is 286 g/mol. The predicted molar refractivity (Wildman–Crippen MR) is 76.4 cm³/mol. The summed E-state index contributed by atoms with van der Waals surface area (Å²) in [4.78, 5) is 0.152. The minimum Gasteiger partial charge on any atom is -0.399 e. The van der Waals surface area contributed by atoms with Gasteiger partial charge in [-0.05, 0) is 57.9 Å². The Morgan fingerprint density at radius 2 is 1.84 bits per heavy atom. The molecule has 4 N–H and O–H groups in total. The minimum absolute atomic E-state index is 0.152. The molecule has 0 aliphatic rings. The molecule has 0 saturated carbocycles. The first-order valence-corrected chi connectivity index (χ1v) is 7.54. The first-order chi connectivity index (χ1) is 8.47. The molecule has 0 aliphatic carbocycles. The van der Waals surface area contributed by atoms with Crippen molar-refractivity contribution in [2.45, 2.75) is 51.2 Å². The molecular formula is C13H22N2O3S. The second-order valence-electron chi connectivity index (χ2n) is 5.46. The molecule has 0 aromatic heterocycles. The summed E-state index contributed by atoms with van der Waals surface area (Å²) in [6.45, 7) is 8.34. The minimum atomic E-state index is -3.73. The Balaban J connectivity index is 3.30. The second kappa shape index (κ2) is 5.11. The van der Waals surface area contributed by atoms with E-state index >= 15 is 0 Å². The molecule has 0 aliphatic heterocycles. The number of aliphatic hydroxyl groups excluding tert-OH is 1. The Kier molecular flexibility index (Phi) is 4.29. The topological polar surface area (TPSA) is 92.4 Å². The van der Waals surface area contributed by atoms with Crippen molar-refractivity contribution < 1.29 is 13.5 Å². The molecule has 0 radical (unpaired) electrons. The van der Waals surface area contributed by atoms with Crippen LogP contribution in [0.4, 0.5) is 5.69 Å². The summed E-state index contributed by atoms with van der Waals surface area (Å²) in [5.41, 5.74) is 6.62. The van der Waals surface area contributed by atoms with Crippen LogP contribution in [0, 0.1) is 13.8 Å². The van der Waals surface area contributed by atoms with Crippen LogP contribution >= 0.6 is 0 Å². The summed E-state index contributed by atoms with van der Waals surface area (Å²) in [7, 11) is -3.73. The molecular weight excluding hydrogens is 264 g/mol. The molecule has 1 aromatic carbocycles. The Bertz CT molecular complexity index is 578. The van der Waals surface area contributed by atoms with Crippen LogP contribution in [0.25, 0.3) is 0 Å². The summed E-state index contributed by atoms with van der Waals surface area (Å²) in [5.74, 6) is 0. The molecule has 5 nitrogen and oxygen atoms in total. The van der Waals surface area contributed by atoms with Crippen molar-refractivity contribution in [1.82, 2.24) is 4.72 Å². The first-order valence-electron chi connectivity index (χ1n) is 6.06. The number of hydrogen-bond donors (Lipinski definition) is 3. The number of nitrogens with two attached hydrogens (primary N) is 1. The van der Waals surface area contributed by atoms with Gasteiger partial charge in [0.15, 0.2) is 0 Å². The molecule has 1 aromatic rings. The van der Waals surface area contributed by atoms with E-state index in [1.807, 2.05) is 6.92 Å². The standard InChI is InChI=1S/C13H22N2O3S/c1-8-6-11(14)7-12(9(8)2)19(17,18)15-13(4,5)10(3)16/h6-7,10,15-16H,14H2,1-5H3. The van der Waals surface area contributed by atoms with E-state index in [1.54, 1.807) is 33.8 Å². The average molecular weight is 286 g/mol. The normalized spacial score (nSPS) is 14.4. The number of aryl methyl sites for hydroxylation is 1. The molecule has 0 saturated heterocycles. The van der Waals surface area contributed by atoms with Crippen molar-refractivity contribution in [2.75, 3.05) is 5.73 Å². The maximum atomic E-state index is 12.4. The van der Waals surface area contributed by atoms with Crippen LogP contribution in [0.3, 0.4) is 0 Å². The van der Waals surface area contributed by atoms with Crippen molar-refractivity contribution in [3.8, 4) is 0 Å². The van der Waals surface area contributed by atoms with E-state index in [0.29, 0.717) is 11.3 Å². The fourth-order valence-corrected chi connectivity index (χ4v) is 3.45. The number of benzene rings is 1. The SMILES string of the molecule is Cc1cc(N)cc(S(=O)(=O)NC(C)(C)C(C)O)c1C. The van der Waals surface area contributed by atoms with Crippen LogP contribution in [0.2, 0.25) is 0 Å². The lowest BCUT2D eigenvalue weighted by atomic mass is 10.0. The van der Waals surface area contributed by atoms with Crippen LogP contribution < -0.4 is 10.5 Å². The number of anilines is 1. The third-order valence-electron chi connectivity index (χ3n) is 3.37. The van der Waals surface area contributed by atoms with Crippen molar-refractivity contribution in [2.24, 2.45) is 0 Å². The number of aliphatic hydroxyl groups is 1. The maximum Gasteiger partial charge on any atom is 0.241 e. The fourth-order valence-electron chi connectivity index (χ4n) is 1.62. The maximum absolute atomic E-state index is 12.4. The third-order valence-corrected chi connectivity index (χ3v) is 5.17. The number of rotatable bonds is 4. The smallest absolute Gasteiger partial charge is 0.241 e. The van der Waals surface area contributed by atoms with E-state index in [2.05, 4.69) is 4.72 Å². The summed E-state index contributed by atoms with van der Waals surface area (Å²) >= 11 is 0. The van der Waals surface area contributed by atoms with E-state index < -0.39 is 21.7 Å². The van der Waals surface area contributed by atoms with Gasteiger partial charge in [0.1, 0.15) is 0 Å². The quantitative estimate of drug-likeness (QED) is 0.728. The lowest BCUT2D eigenvalue weighted by Gasteiger charge is -2.29. The lowest BCUT2D eigenvalue weighted by molar-refractivity contribution is 0.111. The molecule has 0 amide bonds. The molecule has 1 rings (SSSR count). The number of sulfonamides is 1. The fraction of sp³-hybridized carbons (Fsp3) is 0.538. The largest absolute Gasteiger partial charge is 0.399 e. The Hall–Kier alpha value is -1.11. The highest BCUT2D eigenvalue weighted by Gasteiger charge is 2.31. The van der Waals surface area contributed by atoms with Crippen molar-refractivity contribution in [3.05, 3.63) is 23.3 Å². The predicted octanol–water partition coefficient (Wildman–Crippen LogP) is 1.32. The van der Waals surface area contributed by atoms with Crippen LogP contribution in [0.1, 0.15) is 31.9 Å². The molecule has 0 fully saturated rings. The summed E-state index contributed by atoms with van der Waals surface area (Å²) in [6, 6.07) is 3.16. The van der Waals surface area contributed by atoms with Crippen LogP contribution in [0.5, 0.6) is 0 Å². The van der Waals surface area contributed by atoms with Gasteiger partial charge in [0.05, 0.1) is 16.5 Å². The Labute approximate surface area is 114 Å². The van der Waals surface area contributed by atoms with E-state index in [-0.39, 0.29) is 4.90 Å². The molecule has 0 spiro atoms. The van der Waals surface area contributed by atoms with E-state index in [4.69, 9.17) is 5.73 Å². The van der Waals surface area contributed by atoms with Gasteiger partial charge >= 0.3 is 0 Å². The van der Waals surface area contributed by atoms with E-state index in [9.17, 15) is 13.5 Å². The van der Waals surface area contributed by atoms with Gasteiger partial charge in [-0.1, -0.05) is 0 Å². The number of nitrogens with one attached hydrogen (secondary N) is 1. The first kappa shape index (κ1) is 15.9. The number of nitrogen functional groups attached to an aromatic ring is 1. The van der Waals surface area contributed by atoms with Gasteiger partial charge in [-0.25, -0.2) is 13.1 Å². The van der Waals surface area contributed by atoms with Crippen LogP contribution in [0.15, 0.2) is 17.0 Å². The van der Waals surface area contributed by atoms with E-state index in [0.717, 1.165) is 5.56 Å². The van der Waals surface area contributed by atoms with Gasteiger partial charge in [-0.2, -0.15) is 0 Å². The zero-order valence-electron chi connectivity index (χ0n) is 12.0. The number of hydrogen-bond acceptors (Lipinski definition) is 4. The molecule has 0 heterocycles. The molecule has 0 bridgehead atoms. The second-order valence-corrected chi connectivity index (χ2v) is 7.11. The highest BCUT2D eigenvalue weighted by atomic mass is 32.2. The summed E-state index contributed by atoms with van der Waals surface area (Å²) in [6.07, 6.45) is -0.815. The van der Waals surface area contributed by atoms with Gasteiger partial charge < -0.3 is 10.8 Å². The highest BCUT2D eigenvalue weighted by molar-refractivity contribution is 7.89. The molecule has 6 heteroatoms. The zero-order chi connectivity index (χ0) is 15.0. The van der Waals surface area contributed by atoms with Crippen LogP contribution in [-0.4, -0.2) is 25.2 Å². The van der Waals surface area contributed by atoms with Gasteiger partial charge in [-0.15, -0.1) is 0 Å². The van der Waals surface area contributed by atoms with Gasteiger partial charge in [-0.3, -0.25) is 0 Å². The van der Waals surface area contributed by atoms with Gasteiger partial charge in [0.25, 0.3) is 0 Å². The van der Waals surface area contributed by atoms with Crippen molar-refractivity contribution >= 4 is 15.7 Å². The van der Waals surface area contributed by atoms with Gasteiger partial charge in [0, 0.05) is 5.69 Å². The lowest BCUT2D eigenvalue weighted by Crippen LogP contribution is -2.50. The summed E-state index contributed by atoms with van der Waals surface area (Å²) in [5, 5.41) is 9.62. The zero-order valence-corrected chi connectivity index (χ0v) is 12.8.